The summed E-state index contributed by atoms with van der Waals surface area (Å²) in [6.07, 6.45) is 5.22. The van der Waals surface area contributed by atoms with Gasteiger partial charge in [-0.15, -0.1) is 0 Å². The molecule has 3 unspecified atom stereocenters. The van der Waals surface area contributed by atoms with Gasteiger partial charge in [-0.3, -0.25) is 9.69 Å². The summed E-state index contributed by atoms with van der Waals surface area (Å²) in [5.74, 6) is 1.03. The second-order valence-electron chi connectivity index (χ2n) is 5.69. The molecule has 3 fully saturated rings. The highest BCUT2D eigenvalue weighted by molar-refractivity contribution is 7.91. The van der Waals surface area contributed by atoms with E-state index >= 15 is 0 Å². The fourth-order valence-corrected chi connectivity index (χ4v) is 5.53. The summed E-state index contributed by atoms with van der Waals surface area (Å²) in [6.45, 7) is 0. The van der Waals surface area contributed by atoms with Crippen molar-refractivity contribution in [1.29, 1.82) is 0 Å². The summed E-state index contributed by atoms with van der Waals surface area (Å²) in [5, 5.41) is 0. The van der Waals surface area contributed by atoms with Gasteiger partial charge in [0.15, 0.2) is 9.84 Å². The Morgan fingerprint density at radius 1 is 1.00 bits per heavy atom. The molecule has 3 saturated heterocycles. The van der Waals surface area contributed by atoms with Gasteiger partial charge in [0.05, 0.1) is 11.5 Å². The predicted octanol–water partition coefficient (Wildman–Crippen LogP) is 0.760. The van der Waals surface area contributed by atoms with Crippen LogP contribution in [0.3, 0.4) is 0 Å². The van der Waals surface area contributed by atoms with Crippen LogP contribution in [0.25, 0.3) is 0 Å². The number of fused-ring (bicyclic) bond motifs is 2. The zero-order valence-corrected chi connectivity index (χ0v) is 10.8. The van der Waals surface area contributed by atoms with Gasteiger partial charge in [0.25, 0.3) is 0 Å². The molecule has 3 heterocycles. The number of nitrogens with zero attached hydrogens (tertiary/aromatic N) is 1. The molecule has 0 spiro atoms. The number of hydrogen-bond acceptors (Lipinski definition) is 4. The van der Waals surface area contributed by atoms with Crippen LogP contribution in [0.2, 0.25) is 0 Å². The maximum absolute atomic E-state index is 11.7. The molecule has 5 heteroatoms. The second-order valence-corrected chi connectivity index (χ2v) is 7.92. The maximum Gasteiger partial charge on any atom is 0.151 e. The van der Waals surface area contributed by atoms with E-state index in [4.69, 9.17) is 0 Å². The molecule has 0 aromatic carbocycles. The van der Waals surface area contributed by atoms with Crippen LogP contribution in [0.1, 0.15) is 38.5 Å². The monoisotopic (exact) mass is 257 g/mol. The van der Waals surface area contributed by atoms with Crippen molar-refractivity contribution in [2.75, 3.05) is 11.5 Å². The van der Waals surface area contributed by atoms with E-state index in [1.165, 1.54) is 0 Å². The molecule has 4 nitrogen and oxygen atoms in total. The Kier molecular flexibility index (Phi) is 2.78. The Labute approximate surface area is 102 Å². The number of piperidine rings is 1. The lowest BCUT2D eigenvalue weighted by atomic mass is 9.98. The number of Topliss-reactive ketones (excluding diaryl/α,β-unsaturated/α-hetero) is 1. The van der Waals surface area contributed by atoms with Gasteiger partial charge in [0.1, 0.15) is 5.78 Å². The summed E-state index contributed by atoms with van der Waals surface area (Å²) in [5.41, 5.74) is 0. The van der Waals surface area contributed by atoms with Gasteiger partial charge in [-0.25, -0.2) is 8.42 Å². The highest BCUT2D eigenvalue weighted by Gasteiger charge is 2.45. The smallest absolute Gasteiger partial charge is 0.151 e. The fourth-order valence-electron chi connectivity index (χ4n) is 3.84. The summed E-state index contributed by atoms with van der Waals surface area (Å²) in [7, 11) is -2.84. The molecule has 0 aromatic rings. The van der Waals surface area contributed by atoms with Crippen LogP contribution in [-0.2, 0) is 14.6 Å². The SMILES string of the molecule is O=C1CC2CCC(C1)N2C1CCCS(=O)(=O)C1. The topological polar surface area (TPSA) is 54.5 Å². The molecule has 3 atom stereocenters. The van der Waals surface area contributed by atoms with Crippen molar-refractivity contribution in [3.05, 3.63) is 0 Å². The summed E-state index contributed by atoms with van der Waals surface area (Å²) in [6, 6.07) is 0.846. The summed E-state index contributed by atoms with van der Waals surface area (Å²) >= 11 is 0. The van der Waals surface area contributed by atoms with Crippen LogP contribution >= 0.6 is 0 Å². The zero-order valence-electron chi connectivity index (χ0n) is 9.97. The van der Waals surface area contributed by atoms with Crippen molar-refractivity contribution in [1.82, 2.24) is 4.90 Å². The van der Waals surface area contributed by atoms with E-state index < -0.39 is 9.84 Å². The largest absolute Gasteiger partial charge is 0.300 e. The van der Waals surface area contributed by atoms with Gasteiger partial charge in [0, 0.05) is 31.0 Å². The molecule has 0 radical (unpaired) electrons. The third-order valence-corrected chi connectivity index (χ3v) is 6.27. The number of sulfone groups is 1. The third kappa shape index (κ3) is 2.15. The Hall–Kier alpha value is -0.420. The van der Waals surface area contributed by atoms with Crippen molar-refractivity contribution in [3.63, 3.8) is 0 Å². The molecule has 0 saturated carbocycles. The molecule has 2 bridgehead atoms. The Bertz CT molecular complexity index is 415. The van der Waals surface area contributed by atoms with Crippen LogP contribution in [0, 0.1) is 0 Å². The predicted molar refractivity (Wildman–Crippen MR) is 64.6 cm³/mol. The van der Waals surface area contributed by atoms with Crippen molar-refractivity contribution in [2.24, 2.45) is 0 Å². The van der Waals surface area contributed by atoms with Crippen LogP contribution in [-0.4, -0.2) is 48.7 Å². The van der Waals surface area contributed by atoms with E-state index in [2.05, 4.69) is 4.90 Å². The Morgan fingerprint density at radius 3 is 2.24 bits per heavy atom. The first-order valence-corrected chi connectivity index (χ1v) is 8.37. The van der Waals surface area contributed by atoms with Crippen LogP contribution < -0.4 is 0 Å². The molecule has 3 aliphatic heterocycles. The molecule has 0 aromatic heterocycles. The first-order valence-electron chi connectivity index (χ1n) is 6.55. The highest BCUT2D eigenvalue weighted by Crippen LogP contribution is 2.37. The first-order chi connectivity index (χ1) is 8.05. The van der Waals surface area contributed by atoms with E-state index in [0.717, 1.165) is 25.7 Å². The first kappa shape index (κ1) is 11.7. The number of hydrogen-bond donors (Lipinski definition) is 0. The molecular formula is C12H19NO3S. The van der Waals surface area contributed by atoms with Crippen LogP contribution in [0.15, 0.2) is 0 Å². The average molecular weight is 257 g/mol. The van der Waals surface area contributed by atoms with Crippen molar-refractivity contribution in [2.45, 2.75) is 56.7 Å². The molecule has 0 aliphatic carbocycles. The molecule has 3 rings (SSSR count). The number of carbonyl (C=O) groups excluding carboxylic acids is 1. The van der Waals surface area contributed by atoms with E-state index in [0.29, 0.717) is 42.2 Å². The molecule has 3 aliphatic rings. The van der Waals surface area contributed by atoms with E-state index in [-0.39, 0.29) is 6.04 Å². The second kappa shape index (κ2) is 4.05. The molecule has 96 valence electrons. The lowest BCUT2D eigenvalue weighted by Gasteiger charge is -2.41. The molecular weight excluding hydrogens is 238 g/mol. The standard InChI is InChI=1S/C12H19NO3S/c14-12-6-9-3-4-10(7-12)13(9)11-2-1-5-17(15,16)8-11/h9-11H,1-8H2. The minimum Gasteiger partial charge on any atom is -0.300 e. The number of carbonyl (C=O) groups is 1. The lowest BCUT2D eigenvalue weighted by molar-refractivity contribution is -0.124. The van der Waals surface area contributed by atoms with Gasteiger partial charge < -0.3 is 0 Å². The summed E-state index contributed by atoms with van der Waals surface area (Å²) in [4.78, 5) is 13.9. The van der Waals surface area contributed by atoms with Crippen LogP contribution in [0.5, 0.6) is 0 Å². The van der Waals surface area contributed by atoms with E-state index in [1.807, 2.05) is 0 Å². The number of ketones is 1. The van der Waals surface area contributed by atoms with Gasteiger partial charge in [-0.2, -0.15) is 0 Å². The van der Waals surface area contributed by atoms with Gasteiger partial charge in [0.2, 0.25) is 0 Å². The average Bonchev–Trinajstić information content (AvgIpc) is 2.50. The quantitative estimate of drug-likeness (QED) is 0.696. The third-order valence-electron chi connectivity index (χ3n) is 4.46. The summed E-state index contributed by atoms with van der Waals surface area (Å²) < 4.78 is 23.4. The number of rotatable bonds is 1. The minimum absolute atomic E-state index is 0.180. The van der Waals surface area contributed by atoms with Crippen molar-refractivity contribution >= 4 is 15.6 Å². The molecule has 0 amide bonds. The minimum atomic E-state index is -2.84. The van der Waals surface area contributed by atoms with E-state index in [9.17, 15) is 13.2 Å². The Balaban J connectivity index is 1.79. The van der Waals surface area contributed by atoms with Crippen molar-refractivity contribution < 1.29 is 13.2 Å². The van der Waals surface area contributed by atoms with E-state index in [1.54, 1.807) is 0 Å². The lowest BCUT2D eigenvalue weighted by Crippen LogP contribution is -2.52. The van der Waals surface area contributed by atoms with Crippen LogP contribution in [0.4, 0.5) is 0 Å². The normalized spacial score (nSPS) is 41.6. The van der Waals surface area contributed by atoms with Gasteiger partial charge in [-0.1, -0.05) is 0 Å². The highest BCUT2D eigenvalue weighted by atomic mass is 32.2. The van der Waals surface area contributed by atoms with Gasteiger partial charge in [-0.05, 0) is 25.7 Å². The van der Waals surface area contributed by atoms with Crippen molar-refractivity contribution in [3.8, 4) is 0 Å². The molecule has 0 N–H and O–H groups in total. The molecule has 17 heavy (non-hydrogen) atoms. The van der Waals surface area contributed by atoms with Gasteiger partial charge >= 0.3 is 0 Å². The Morgan fingerprint density at radius 2 is 1.65 bits per heavy atom. The fraction of sp³-hybridized carbons (Fsp3) is 0.917. The zero-order chi connectivity index (χ0) is 12.0. The maximum atomic E-state index is 11.7.